The molecule has 2 aromatic carbocycles. The number of nitrogens with one attached hydrogen (secondary N) is 2. The van der Waals surface area contributed by atoms with E-state index in [2.05, 4.69) is 15.7 Å². The smallest absolute Gasteiger partial charge is 0.410 e. The molecular formula is C31H33F3N4O2. The van der Waals surface area contributed by atoms with Crippen LogP contribution in [0.15, 0.2) is 60.8 Å². The van der Waals surface area contributed by atoms with Gasteiger partial charge in [0.1, 0.15) is 23.7 Å². The average molecular weight is 551 g/mol. The summed E-state index contributed by atoms with van der Waals surface area (Å²) in [7, 11) is 0. The summed E-state index contributed by atoms with van der Waals surface area (Å²) < 4.78 is 50.1. The number of aromatic nitrogens is 2. The zero-order valence-electron chi connectivity index (χ0n) is 22.2. The molecule has 0 spiro atoms. The summed E-state index contributed by atoms with van der Waals surface area (Å²) in [5.74, 6) is 2.19. The van der Waals surface area contributed by atoms with E-state index in [1.807, 2.05) is 36.4 Å². The number of nitrogens with zero attached hydrogens (tertiary/aromatic N) is 2. The minimum Gasteiger partial charge on any atom is -0.489 e. The van der Waals surface area contributed by atoms with Crippen LogP contribution in [0.5, 0.6) is 5.75 Å². The molecule has 6 nitrogen and oxygen atoms in total. The van der Waals surface area contributed by atoms with Gasteiger partial charge in [-0.2, -0.15) is 18.3 Å². The first kappa shape index (κ1) is 25.5. The third kappa shape index (κ3) is 4.63. The van der Waals surface area contributed by atoms with Crippen molar-refractivity contribution >= 4 is 11.7 Å². The molecular weight excluding hydrogens is 517 g/mol. The second kappa shape index (κ2) is 9.56. The Kier molecular flexibility index (Phi) is 6.09. The van der Waals surface area contributed by atoms with E-state index in [0.717, 1.165) is 29.5 Å². The number of anilines is 1. The number of para-hydroxylation sites is 1. The van der Waals surface area contributed by atoms with Crippen molar-refractivity contribution in [2.75, 3.05) is 5.32 Å². The fourth-order valence-electron chi connectivity index (χ4n) is 8.14. The van der Waals surface area contributed by atoms with Gasteiger partial charge in [-0.1, -0.05) is 48.5 Å². The summed E-state index contributed by atoms with van der Waals surface area (Å²) in [5.41, 5.74) is 1.49. The molecule has 1 amide bonds. The lowest BCUT2D eigenvalue weighted by molar-refractivity contribution is -0.173. The summed E-state index contributed by atoms with van der Waals surface area (Å²) in [5, 5.41) is 10.6. The van der Waals surface area contributed by atoms with Crippen molar-refractivity contribution in [3.8, 4) is 5.75 Å². The molecule has 5 aliphatic rings. The Balaban J connectivity index is 1.17. The SMILES string of the molecule is O=C(NC12CC3CC(CC(C3)C1)C2)c1cnn2c1NC(c1ccccc1OCc1ccccc1)CC2C(F)(F)F. The maximum Gasteiger partial charge on any atom is 0.410 e. The molecule has 3 aromatic rings. The molecule has 2 unspecified atom stereocenters. The zero-order chi connectivity index (χ0) is 27.5. The number of hydrogen-bond donors (Lipinski definition) is 2. The second-order valence-electron chi connectivity index (χ2n) is 12.3. The number of alkyl halides is 3. The number of carbonyl (C=O) groups is 1. The van der Waals surface area contributed by atoms with E-state index in [1.54, 1.807) is 18.2 Å². The number of ether oxygens (including phenoxy) is 1. The molecule has 4 saturated carbocycles. The van der Waals surface area contributed by atoms with Crippen LogP contribution in [0, 0.1) is 17.8 Å². The predicted octanol–water partition coefficient (Wildman–Crippen LogP) is 6.82. The summed E-state index contributed by atoms with van der Waals surface area (Å²) >= 11 is 0. The first-order valence-electron chi connectivity index (χ1n) is 14.3. The van der Waals surface area contributed by atoms with E-state index in [4.69, 9.17) is 4.74 Å². The monoisotopic (exact) mass is 550 g/mol. The first-order chi connectivity index (χ1) is 19.3. The molecule has 2 heterocycles. The third-order valence-corrected chi connectivity index (χ3v) is 9.43. The lowest BCUT2D eigenvalue weighted by Gasteiger charge is -2.56. The van der Waals surface area contributed by atoms with Crippen LogP contribution in [0.1, 0.15) is 78.5 Å². The van der Waals surface area contributed by atoms with Crippen molar-refractivity contribution < 1.29 is 22.7 Å². The lowest BCUT2D eigenvalue weighted by Crippen LogP contribution is -2.59. The van der Waals surface area contributed by atoms with Crippen molar-refractivity contribution in [1.29, 1.82) is 0 Å². The Morgan fingerprint density at radius 3 is 2.30 bits per heavy atom. The Labute approximate surface area is 231 Å². The Bertz CT molecular complexity index is 1370. The van der Waals surface area contributed by atoms with Crippen LogP contribution in [0.3, 0.4) is 0 Å². The fourth-order valence-corrected chi connectivity index (χ4v) is 8.14. The quantitative estimate of drug-likeness (QED) is 0.353. The molecule has 2 atom stereocenters. The molecule has 210 valence electrons. The van der Waals surface area contributed by atoms with Crippen LogP contribution < -0.4 is 15.4 Å². The average Bonchev–Trinajstić information content (AvgIpc) is 3.35. The highest BCUT2D eigenvalue weighted by molar-refractivity contribution is 5.99. The highest BCUT2D eigenvalue weighted by Gasteiger charge is 2.52. The second-order valence-corrected chi connectivity index (χ2v) is 12.3. The van der Waals surface area contributed by atoms with Gasteiger partial charge >= 0.3 is 6.18 Å². The van der Waals surface area contributed by atoms with Gasteiger partial charge in [-0.25, -0.2) is 4.68 Å². The maximum atomic E-state index is 14.4. The fraction of sp³-hybridized carbons (Fsp3) is 0.484. The van der Waals surface area contributed by atoms with Crippen molar-refractivity contribution in [2.45, 2.75) is 75.4 Å². The summed E-state index contributed by atoms with van der Waals surface area (Å²) in [6, 6.07) is 14.2. The molecule has 2 N–H and O–H groups in total. The van der Waals surface area contributed by atoms with E-state index in [0.29, 0.717) is 35.7 Å². The summed E-state index contributed by atoms with van der Waals surface area (Å²) in [6.07, 6.45) is 3.08. The summed E-state index contributed by atoms with van der Waals surface area (Å²) in [6.45, 7) is 0.296. The van der Waals surface area contributed by atoms with Crippen LogP contribution in [0.25, 0.3) is 0 Å². The third-order valence-electron chi connectivity index (χ3n) is 9.43. The Morgan fingerprint density at radius 1 is 0.975 bits per heavy atom. The number of amides is 1. The molecule has 4 fully saturated rings. The molecule has 1 aromatic heterocycles. The van der Waals surface area contributed by atoms with Crippen LogP contribution in [-0.4, -0.2) is 27.4 Å². The van der Waals surface area contributed by atoms with Crippen molar-refractivity contribution in [3.63, 3.8) is 0 Å². The summed E-state index contributed by atoms with van der Waals surface area (Å²) in [4.78, 5) is 13.7. The highest BCUT2D eigenvalue weighted by Crippen LogP contribution is 2.56. The van der Waals surface area contributed by atoms with E-state index in [-0.39, 0.29) is 29.2 Å². The van der Waals surface area contributed by atoms with Gasteiger partial charge in [0, 0.05) is 17.5 Å². The number of benzene rings is 2. The molecule has 4 bridgehead atoms. The molecule has 0 saturated heterocycles. The lowest BCUT2D eigenvalue weighted by atomic mass is 9.53. The predicted molar refractivity (Wildman–Crippen MR) is 144 cm³/mol. The van der Waals surface area contributed by atoms with Crippen molar-refractivity contribution in [2.24, 2.45) is 17.8 Å². The van der Waals surface area contributed by atoms with Crippen LogP contribution in [-0.2, 0) is 6.61 Å². The number of hydrogen-bond acceptors (Lipinski definition) is 4. The molecule has 8 rings (SSSR count). The number of rotatable bonds is 6. The van der Waals surface area contributed by atoms with Crippen molar-refractivity contribution in [3.05, 3.63) is 77.5 Å². The van der Waals surface area contributed by atoms with Gasteiger partial charge in [0.05, 0.1) is 12.2 Å². The van der Waals surface area contributed by atoms with Gasteiger partial charge in [-0.3, -0.25) is 4.79 Å². The van der Waals surface area contributed by atoms with E-state index in [9.17, 15) is 18.0 Å². The van der Waals surface area contributed by atoms with Gasteiger partial charge in [0.15, 0.2) is 6.04 Å². The Hall–Kier alpha value is -3.49. The molecule has 9 heteroatoms. The normalized spacial score (nSPS) is 30.4. The van der Waals surface area contributed by atoms with Gasteiger partial charge in [-0.15, -0.1) is 0 Å². The van der Waals surface area contributed by atoms with E-state index < -0.39 is 18.3 Å². The number of carbonyl (C=O) groups excluding carboxylic acids is 1. The molecule has 40 heavy (non-hydrogen) atoms. The minimum atomic E-state index is -4.53. The number of fused-ring (bicyclic) bond motifs is 1. The minimum absolute atomic E-state index is 0.110. The topological polar surface area (TPSA) is 68.2 Å². The Morgan fingerprint density at radius 2 is 1.62 bits per heavy atom. The molecule has 4 aliphatic carbocycles. The van der Waals surface area contributed by atoms with Gasteiger partial charge < -0.3 is 15.4 Å². The zero-order valence-corrected chi connectivity index (χ0v) is 22.2. The van der Waals surface area contributed by atoms with Gasteiger partial charge in [0.25, 0.3) is 5.91 Å². The van der Waals surface area contributed by atoms with Crippen LogP contribution >= 0.6 is 0 Å². The van der Waals surface area contributed by atoms with Gasteiger partial charge in [0.2, 0.25) is 0 Å². The van der Waals surface area contributed by atoms with Crippen LogP contribution in [0.2, 0.25) is 0 Å². The van der Waals surface area contributed by atoms with E-state index >= 15 is 0 Å². The number of halogens is 3. The van der Waals surface area contributed by atoms with E-state index in [1.165, 1.54) is 25.5 Å². The maximum absolute atomic E-state index is 14.4. The standard InChI is InChI=1S/C31H33F3N4O2/c32-31(33,34)27-13-25(23-8-4-5-9-26(23)40-18-19-6-2-1-3-7-19)36-28-24(17-35-38(27)28)29(39)37-30-14-20-10-21(15-30)12-22(11-20)16-30/h1-9,17,20-22,25,27,36H,10-16,18H2,(H,37,39). The van der Waals surface area contributed by atoms with Crippen LogP contribution in [0.4, 0.5) is 19.0 Å². The largest absolute Gasteiger partial charge is 0.489 e. The van der Waals surface area contributed by atoms with Crippen molar-refractivity contribution in [1.82, 2.24) is 15.1 Å². The highest BCUT2D eigenvalue weighted by atomic mass is 19.4. The molecule has 0 radical (unpaired) electrons. The first-order valence-corrected chi connectivity index (χ1v) is 14.3. The van der Waals surface area contributed by atoms with Gasteiger partial charge in [-0.05, 0) is 67.9 Å². The molecule has 1 aliphatic heterocycles.